The number of carbonyl (C=O) groups excluding carboxylic acids is 3. The fraction of sp³-hybridized carbons (Fsp3) is 0.474. The number of nitrogens with one attached hydrogen (secondary N) is 3. The number of alkyl carbamates (subject to hydrolysis) is 1. The number of carbonyl (C=O) groups is 4. The molecule has 54 heavy (non-hydrogen) atoms. The Hall–Kier alpha value is -5.48. The molecule has 2 aliphatic heterocycles. The number of hydrogen-bond acceptors (Lipinski definition) is 9. The van der Waals surface area contributed by atoms with Crippen LogP contribution < -0.4 is 5.32 Å². The number of benzene rings is 1. The Bertz CT molecular complexity index is 1820. The highest BCUT2D eigenvalue weighted by molar-refractivity contribution is 5.87. The summed E-state index contributed by atoms with van der Waals surface area (Å²) in [6.45, 7) is 4.45. The minimum absolute atomic E-state index is 0.256. The van der Waals surface area contributed by atoms with Gasteiger partial charge in [0.2, 0.25) is 11.8 Å². The van der Waals surface area contributed by atoms with Gasteiger partial charge < -0.3 is 44.4 Å². The third-order valence-electron chi connectivity index (χ3n) is 10.1. The molecule has 2 fully saturated rings. The van der Waals surface area contributed by atoms with E-state index in [0.717, 1.165) is 41.0 Å². The summed E-state index contributed by atoms with van der Waals surface area (Å²) in [5.41, 5.74) is 3.37. The number of H-pyrrole nitrogens is 2. The van der Waals surface area contributed by atoms with Crippen LogP contribution in [0.4, 0.5) is 9.59 Å². The predicted molar refractivity (Wildman–Crippen MR) is 201 cm³/mol. The second-order valence-corrected chi connectivity index (χ2v) is 13.5. The number of rotatable bonds is 14. The standard InChI is InChI=1S/C38H50N8O8/c1-23(52-4)31(43-37(49)54-6)35(47)45-19-7-9-29(45)33-39-21-27(41-33)17-15-25-11-13-26(14-12-25)16-18-28-22-40-34(42-28)30-10-8-20-46(30)36(48)32(24(2)53-5)44(3)38(50)51/h11-18,21-24,29-32H,7-10,19-20H2,1-6H3,(H,39,41)(H,40,42)(H,43,49)(H,50,51)/b17-15+,18-16+/t23-,24-,29+,30+,31+,32+/m1/s1. The molecule has 16 nitrogen and oxygen atoms in total. The van der Waals surface area contributed by atoms with Gasteiger partial charge in [-0.25, -0.2) is 19.6 Å². The van der Waals surface area contributed by atoms with Gasteiger partial charge in [0.15, 0.2) is 0 Å². The molecule has 0 saturated carbocycles. The van der Waals surface area contributed by atoms with E-state index < -0.39 is 36.5 Å². The molecule has 4 amide bonds. The second kappa shape index (κ2) is 18.0. The van der Waals surface area contributed by atoms with Crippen LogP contribution in [-0.4, -0.2) is 130 Å². The molecular formula is C38H50N8O8. The monoisotopic (exact) mass is 746 g/mol. The van der Waals surface area contributed by atoms with E-state index in [1.807, 2.05) is 48.6 Å². The van der Waals surface area contributed by atoms with Gasteiger partial charge in [0.1, 0.15) is 23.7 Å². The van der Waals surface area contributed by atoms with Gasteiger partial charge in [-0.15, -0.1) is 0 Å². The molecule has 2 saturated heterocycles. The molecule has 16 heteroatoms. The average Bonchev–Trinajstić information content (AvgIpc) is 4.02. The molecule has 3 aromatic rings. The fourth-order valence-electron chi connectivity index (χ4n) is 6.91. The fourth-order valence-corrected chi connectivity index (χ4v) is 6.91. The van der Waals surface area contributed by atoms with E-state index in [1.54, 1.807) is 36.0 Å². The number of methoxy groups -OCH3 is 3. The van der Waals surface area contributed by atoms with Gasteiger partial charge in [-0.2, -0.15) is 0 Å². The van der Waals surface area contributed by atoms with Gasteiger partial charge >= 0.3 is 12.2 Å². The third kappa shape index (κ3) is 9.17. The summed E-state index contributed by atoms with van der Waals surface area (Å²) in [5.74, 6) is 0.759. The molecule has 0 radical (unpaired) electrons. The predicted octanol–water partition coefficient (Wildman–Crippen LogP) is 4.57. The van der Waals surface area contributed by atoms with E-state index in [9.17, 15) is 24.3 Å². The number of ether oxygens (including phenoxy) is 3. The van der Waals surface area contributed by atoms with E-state index >= 15 is 0 Å². The largest absolute Gasteiger partial charge is 0.465 e. The Morgan fingerprint density at radius 1 is 0.815 bits per heavy atom. The highest BCUT2D eigenvalue weighted by atomic mass is 16.5. The van der Waals surface area contributed by atoms with Gasteiger partial charge in [0.25, 0.3) is 0 Å². The van der Waals surface area contributed by atoms with E-state index in [-0.39, 0.29) is 23.9 Å². The maximum absolute atomic E-state index is 13.6. The van der Waals surface area contributed by atoms with Crippen LogP contribution in [-0.2, 0) is 23.8 Å². The zero-order valence-corrected chi connectivity index (χ0v) is 31.5. The third-order valence-corrected chi connectivity index (χ3v) is 10.1. The number of hydrogen-bond donors (Lipinski definition) is 4. The van der Waals surface area contributed by atoms with Crippen molar-refractivity contribution in [3.8, 4) is 0 Å². The normalized spacial score (nSPS) is 19.6. The van der Waals surface area contributed by atoms with E-state index in [0.29, 0.717) is 36.9 Å². The zero-order chi connectivity index (χ0) is 38.9. The Morgan fingerprint density at radius 2 is 1.30 bits per heavy atom. The SMILES string of the molecule is COC(=O)N[C@H](C(=O)N1CCC[C@H]1c1nc(/C=C/c2ccc(/C=C/c3c[nH]c([C@@H]4CCCN4C(=O)[C@H]([C@@H](C)OC)N(C)C(=O)O)n3)cc2)c[nH]1)[C@@H](C)OC. The van der Waals surface area contributed by atoms with Crippen molar-refractivity contribution in [3.63, 3.8) is 0 Å². The number of nitrogens with zero attached hydrogens (tertiary/aromatic N) is 5. The summed E-state index contributed by atoms with van der Waals surface area (Å²) in [4.78, 5) is 71.1. The zero-order valence-electron chi connectivity index (χ0n) is 31.5. The topological polar surface area (TPSA) is 195 Å². The van der Waals surface area contributed by atoms with Crippen LogP contribution in [0, 0.1) is 0 Å². The van der Waals surface area contributed by atoms with Crippen molar-refractivity contribution in [2.24, 2.45) is 0 Å². The molecule has 290 valence electrons. The molecule has 2 aromatic heterocycles. The Morgan fingerprint density at radius 3 is 1.74 bits per heavy atom. The maximum atomic E-state index is 13.6. The Balaban J connectivity index is 1.19. The number of carboxylic acid groups (broad SMARTS) is 1. The number of aromatic nitrogens is 4. The Kier molecular flexibility index (Phi) is 13.3. The highest BCUT2D eigenvalue weighted by Crippen LogP contribution is 2.33. The van der Waals surface area contributed by atoms with Gasteiger partial charge in [-0.05, 0) is 62.8 Å². The van der Waals surface area contributed by atoms with Crippen LogP contribution >= 0.6 is 0 Å². The summed E-state index contributed by atoms with van der Waals surface area (Å²) in [6.07, 6.45) is 11.3. The number of likely N-dealkylation sites (N-methyl/N-ethyl adjacent to an activating group) is 1. The van der Waals surface area contributed by atoms with Crippen molar-refractivity contribution in [2.75, 3.05) is 41.5 Å². The number of aromatic amines is 2. The first-order chi connectivity index (χ1) is 25.9. The lowest BCUT2D eigenvalue weighted by Gasteiger charge is -2.34. The quantitative estimate of drug-likeness (QED) is 0.181. The lowest BCUT2D eigenvalue weighted by Crippen LogP contribution is -2.54. The van der Waals surface area contributed by atoms with Crippen LogP contribution in [0.1, 0.15) is 85.8 Å². The first-order valence-corrected chi connectivity index (χ1v) is 18.0. The number of imidazole rings is 2. The minimum Gasteiger partial charge on any atom is -0.465 e. The molecule has 0 unspecified atom stereocenters. The summed E-state index contributed by atoms with van der Waals surface area (Å²) >= 11 is 0. The van der Waals surface area contributed by atoms with Crippen molar-refractivity contribution in [1.82, 2.24) is 40.0 Å². The first kappa shape index (κ1) is 39.7. The van der Waals surface area contributed by atoms with Crippen LogP contribution in [0.25, 0.3) is 24.3 Å². The molecule has 5 rings (SSSR count). The van der Waals surface area contributed by atoms with Crippen molar-refractivity contribution >= 4 is 48.3 Å². The smallest absolute Gasteiger partial charge is 0.407 e. The molecule has 0 spiro atoms. The molecule has 1 aromatic carbocycles. The van der Waals surface area contributed by atoms with Crippen molar-refractivity contribution < 1.29 is 38.5 Å². The summed E-state index contributed by atoms with van der Waals surface area (Å²) < 4.78 is 15.4. The maximum Gasteiger partial charge on any atom is 0.407 e. The van der Waals surface area contributed by atoms with Crippen LogP contribution in [0.2, 0.25) is 0 Å². The average molecular weight is 747 g/mol. The minimum atomic E-state index is -1.20. The van der Waals surface area contributed by atoms with Gasteiger partial charge in [-0.1, -0.05) is 36.4 Å². The van der Waals surface area contributed by atoms with Crippen LogP contribution in [0.15, 0.2) is 36.7 Å². The molecular weight excluding hydrogens is 696 g/mol. The van der Waals surface area contributed by atoms with Gasteiger partial charge in [-0.3, -0.25) is 14.5 Å². The van der Waals surface area contributed by atoms with E-state index in [4.69, 9.17) is 24.2 Å². The molecule has 4 heterocycles. The molecule has 0 bridgehead atoms. The summed E-state index contributed by atoms with van der Waals surface area (Å²) in [7, 11) is 5.58. The van der Waals surface area contributed by atoms with E-state index in [2.05, 4.69) is 15.3 Å². The van der Waals surface area contributed by atoms with Gasteiger partial charge in [0, 0.05) is 46.8 Å². The summed E-state index contributed by atoms with van der Waals surface area (Å²) in [6, 6.07) is 5.56. The molecule has 6 atom stereocenters. The van der Waals surface area contributed by atoms with Crippen molar-refractivity contribution in [2.45, 2.75) is 75.9 Å². The van der Waals surface area contributed by atoms with Crippen molar-refractivity contribution in [3.05, 3.63) is 70.8 Å². The lowest BCUT2D eigenvalue weighted by molar-refractivity contribution is -0.141. The first-order valence-electron chi connectivity index (χ1n) is 18.0. The number of likely N-dealkylation sites (tertiary alicyclic amines) is 2. The van der Waals surface area contributed by atoms with Gasteiger partial charge in [0.05, 0.1) is 42.8 Å². The summed E-state index contributed by atoms with van der Waals surface area (Å²) in [5, 5.41) is 12.2. The molecule has 0 aliphatic carbocycles. The Labute approximate surface area is 314 Å². The van der Waals surface area contributed by atoms with Crippen molar-refractivity contribution in [1.29, 1.82) is 0 Å². The second-order valence-electron chi connectivity index (χ2n) is 13.5. The van der Waals surface area contributed by atoms with E-state index in [1.165, 1.54) is 28.4 Å². The molecule has 2 aliphatic rings. The van der Waals surface area contributed by atoms with Crippen LogP contribution in [0.3, 0.4) is 0 Å². The highest BCUT2D eigenvalue weighted by Gasteiger charge is 2.41. The van der Waals surface area contributed by atoms with Crippen LogP contribution in [0.5, 0.6) is 0 Å². The molecule has 4 N–H and O–H groups in total. The lowest BCUT2D eigenvalue weighted by atomic mass is 10.1. The number of amides is 4.